The van der Waals surface area contributed by atoms with Gasteiger partial charge in [-0.15, -0.1) is 0 Å². The lowest BCUT2D eigenvalue weighted by molar-refractivity contribution is 0.167. The highest BCUT2D eigenvalue weighted by Crippen LogP contribution is 2.26. The number of hydrogen-bond donors (Lipinski definition) is 1. The standard InChI is InChI=1S/C16H20N4O/c21-16(18-12-7-8-12)19-9-3-4-13(10-19)20-11-17-14-5-1-2-6-15(14)20/h1-2,5-6,11-13H,3-4,7-10H2,(H,18,21). The Bertz CT molecular complexity index is 661. The highest BCUT2D eigenvalue weighted by molar-refractivity contribution is 5.76. The van der Waals surface area contributed by atoms with Crippen LogP contribution in [0.3, 0.4) is 0 Å². The van der Waals surface area contributed by atoms with E-state index in [0.717, 1.165) is 49.8 Å². The van der Waals surface area contributed by atoms with Crippen molar-refractivity contribution in [3.05, 3.63) is 30.6 Å². The van der Waals surface area contributed by atoms with E-state index in [9.17, 15) is 4.79 Å². The van der Waals surface area contributed by atoms with Crippen LogP contribution < -0.4 is 5.32 Å². The molecule has 21 heavy (non-hydrogen) atoms. The van der Waals surface area contributed by atoms with Crippen molar-refractivity contribution in [1.29, 1.82) is 0 Å². The van der Waals surface area contributed by atoms with E-state index < -0.39 is 0 Å². The molecule has 4 rings (SSSR count). The molecule has 110 valence electrons. The minimum atomic E-state index is 0.103. The molecular formula is C16H20N4O. The third-order valence-corrected chi connectivity index (χ3v) is 4.46. The van der Waals surface area contributed by atoms with Gasteiger partial charge in [0, 0.05) is 19.1 Å². The molecule has 0 bridgehead atoms. The van der Waals surface area contributed by atoms with Gasteiger partial charge in [-0.2, -0.15) is 0 Å². The first kappa shape index (κ1) is 12.7. The predicted octanol–water partition coefficient (Wildman–Crippen LogP) is 2.55. The average Bonchev–Trinajstić information content (AvgIpc) is 3.23. The molecule has 1 saturated heterocycles. The Kier molecular flexibility index (Phi) is 3.05. The molecule has 1 saturated carbocycles. The second kappa shape index (κ2) is 5.06. The molecule has 2 aromatic rings. The number of fused-ring (bicyclic) bond motifs is 1. The minimum absolute atomic E-state index is 0.103. The van der Waals surface area contributed by atoms with Crippen molar-refractivity contribution in [2.45, 2.75) is 37.8 Å². The molecular weight excluding hydrogens is 264 g/mol. The highest BCUT2D eigenvalue weighted by Gasteiger charge is 2.29. The Morgan fingerprint density at radius 3 is 2.95 bits per heavy atom. The van der Waals surface area contributed by atoms with E-state index in [1.165, 1.54) is 0 Å². The van der Waals surface area contributed by atoms with E-state index in [1.54, 1.807) is 0 Å². The van der Waals surface area contributed by atoms with Crippen molar-refractivity contribution >= 4 is 17.1 Å². The Balaban J connectivity index is 1.53. The Morgan fingerprint density at radius 1 is 1.24 bits per heavy atom. The molecule has 1 aromatic carbocycles. The molecule has 5 nitrogen and oxygen atoms in total. The number of benzene rings is 1. The van der Waals surface area contributed by atoms with Gasteiger partial charge < -0.3 is 14.8 Å². The van der Waals surface area contributed by atoms with Gasteiger partial charge in [0.1, 0.15) is 0 Å². The van der Waals surface area contributed by atoms with Crippen LogP contribution in [0.1, 0.15) is 31.7 Å². The number of carbonyl (C=O) groups is 1. The summed E-state index contributed by atoms with van der Waals surface area (Å²) in [5.74, 6) is 0. The molecule has 1 aliphatic heterocycles. The molecule has 1 atom stereocenters. The smallest absolute Gasteiger partial charge is 0.317 e. The summed E-state index contributed by atoms with van der Waals surface area (Å²) in [6.07, 6.45) is 6.34. The van der Waals surface area contributed by atoms with Gasteiger partial charge >= 0.3 is 6.03 Å². The van der Waals surface area contributed by atoms with E-state index in [1.807, 2.05) is 29.4 Å². The van der Waals surface area contributed by atoms with Gasteiger partial charge in [0.15, 0.2) is 0 Å². The minimum Gasteiger partial charge on any atom is -0.335 e. The number of piperidine rings is 1. The Hall–Kier alpha value is -2.04. The number of para-hydroxylation sites is 2. The van der Waals surface area contributed by atoms with Crippen molar-refractivity contribution in [3.8, 4) is 0 Å². The zero-order valence-corrected chi connectivity index (χ0v) is 12.0. The van der Waals surface area contributed by atoms with E-state index in [0.29, 0.717) is 12.1 Å². The second-order valence-electron chi connectivity index (χ2n) is 6.11. The number of amides is 2. The van der Waals surface area contributed by atoms with Crippen LogP contribution in [0.5, 0.6) is 0 Å². The Labute approximate surface area is 123 Å². The van der Waals surface area contributed by atoms with Crippen LogP contribution in [-0.2, 0) is 0 Å². The van der Waals surface area contributed by atoms with E-state index >= 15 is 0 Å². The fraction of sp³-hybridized carbons (Fsp3) is 0.500. The van der Waals surface area contributed by atoms with E-state index in [2.05, 4.69) is 20.9 Å². The molecule has 2 fully saturated rings. The third kappa shape index (κ3) is 2.48. The maximum absolute atomic E-state index is 12.2. The summed E-state index contributed by atoms with van der Waals surface area (Å²) in [5.41, 5.74) is 2.18. The highest BCUT2D eigenvalue weighted by atomic mass is 16.2. The van der Waals surface area contributed by atoms with Crippen LogP contribution in [-0.4, -0.2) is 39.6 Å². The summed E-state index contributed by atoms with van der Waals surface area (Å²) in [4.78, 5) is 18.6. The van der Waals surface area contributed by atoms with Crippen LogP contribution in [0.4, 0.5) is 4.79 Å². The van der Waals surface area contributed by atoms with Crippen LogP contribution in [0, 0.1) is 0 Å². The van der Waals surface area contributed by atoms with Crippen molar-refractivity contribution in [2.24, 2.45) is 0 Å². The van der Waals surface area contributed by atoms with E-state index in [-0.39, 0.29) is 6.03 Å². The summed E-state index contributed by atoms with van der Waals surface area (Å²) in [5, 5.41) is 3.09. The zero-order chi connectivity index (χ0) is 14.2. The first-order valence-electron chi connectivity index (χ1n) is 7.78. The number of likely N-dealkylation sites (tertiary alicyclic amines) is 1. The SMILES string of the molecule is O=C(NC1CC1)N1CCCC(n2cnc3ccccc32)C1. The number of carbonyl (C=O) groups excluding carboxylic acids is 1. The molecule has 1 aliphatic carbocycles. The number of rotatable bonds is 2. The van der Waals surface area contributed by atoms with Gasteiger partial charge in [0.25, 0.3) is 0 Å². The number of urea groups is 1. The van der Waals surface area contributed by atoms with Gasteiger partial charge in [-0.3, -0.25) is 0 Å². The van der Waals surface area contributed by atoms with Crippen molar-refractivity contribution in [1.82, 2.24) is 19.8 Å². The lowest BCUT2D eigenvalue weighted by Crippen LogP contribution is -2.46. The number of nitrogens with one attached hydrogen (secondary N) is 1. The fourth-order valence-electron chi connectivity index (χ4n) is 3.13. The monoisotopic (exact) mass is 284 g/mol. The molecule has 2 aliphatic rings. The van der Waals surface area contributed by atoms with Crippen LogP contribution in [0.2, 0.25) is 0 Å². The van der Waals surface area contributed by atoms with Gasteiger partial charge in [-0.25, -0.2) is 9.78 Å². The van der Waals surface area contributed by atoms with E-state index in [4.69, 9.17) is 0 Å². The fourth-order valence-corrected chi connectivity index (χ4v) is 3.13. The lowest BCUT2D eigenvalue weighted by atomic mass is 10.1. The number of imidazole rings is 1. The lowest BCUT2D eigenvalue weighted by Gasteiger charge is -2.33. The van der Waals surface area contributed by atoms with Crippen molar-refractivity contribution < 1.29 is 4.79 Å². The summed E-state index contributed by atoms with van der Waals surface area (Å²) in [7, 11) is 0. The number of aromatic nitrogens is 2. The molecule has 1 unspecified atom stereocenters. The maximum atomic E-state index is 12.2. The molecule has 1 aromatic heterocycles. The van der Waals surface area contributed by atoms with Crippen molar-refractivity contribution in [2.75, 3.05) is 13.1 Å². The van der Waals surface area contributed by atoms with Crippen molar-refractivity contribution in [3.63, 3.8) is 0 Å². The molecule has 0 radical (unpaired) electrons. The van der Waals surface area contributed by atoms with Gasteiger partial charge in [0.2, 0.25) is 0 Å². The summed E-state index contributed by atoms with van der Waals surface area (Å²) >= 11 is 0. The summed E-state index contributed by atoms with van der Waals surface area (Å²) < 4.78 is 2.23. The molecule has 0 spiro atoms. The quantitative estimate of drug-likeness (QED) is 0.921. The number of nitrogens with zero attached hydrogens (tertiary/aromatic N) is 3. The summed E-state index contributed by atoms with van der Waals surface area (Å²) in [6.45, 7) is 1.64. The number of hydrogen-bond acceptors (Lipinski definition) is 2. The molecule has 5 heteroatoms. The van der Waals surface area contributed by atoms with Crippen LogP contribution in [0.25, 0.3) is 11.0 Å². The molecule has 1 N–H and O–H groups in total. The first-order chi connectivity index (χ1) is 10.3. The summed E-state index contributed by atoms with van der Waals surface area (Å²) in [6, 6.07) is 9.05. The van der Waals surface area contributed by atoms with Gasteiger partial charge in [-0.05, 0) is 37.8 Å². The van der Waals surface area contributed by atoms with Gasteiger partial charge in [0.05, 0.1) is 23.4 Å². The molecule has 2 heterocycles. The zero-order valence-electron chi connectivity index (χ0n) is 12.0. The average molecular weight is 284 g/mol. The second-order valence-corrected chi connectivity index (χ2v) is 6.11. The molecule has 2 amide bonds. The van der Waals surface area contributed by atoms with Crippen LogP contribution >= 0.6 is 0 Å². The first-order valence-corrected chi connectivity index (χ1v) is 7.78. The third-order valence-electron chi connectivity index (χ3n) is 4.46. The maximum Gasteiger partial charge on any atom is 0.317 e. The normalized spacial score (nSPS) is 22.5. The Morgan fingerprint density at radius 2 is 2.10 bits per heavy atom. The topological polar surface area (TPSA) is 50.2 Å². The predicted molar refractivity (Wildman–Crippen MR) is 81.1 cm³/mol. The van der Waals surface area contributed by atoms with Crippen LogP contribution in [0.15, 0.2) is 30.6 Å². The largest absolute Gasteiger partial charge is 0.335 e. The van der Waals surface area contributed by atoms with Gasteiger partial charge in [-0.1, -0.05) is 12.1 Å².